The third kappa shape index (κ3) is 4.11. The Morgan fingerprint density at radius 3 is 1.70 bits per heavy atom. The van der Waals surface area contributed by atoms with E-state index in [1.54, 1.807) is 0 Å². The van der Waals surface area contributed by atoms with Crippen LogP contribution in [0.25, 0.3) is 22.4 Å². The Hall–Kier alpha value is -3.06. The van der Waals surface area contributed by atoms with Crippen LogP contribution in [0, 0.1) is 0 Å². The van der Waals surface area contributed by atoms with E-state index in [0.717, 1.165) is 32.2 Å². The first-order valence-corrected chi connectivity index (χ1v) is 11.2. The van der Waals surface area contributed by atoms with Gasteiger partial charge in [-0.1, -0.05) is 118 Å². The Labute approximate surface area is 181 Å². The van der Waals surface area contributed by atoms with Crippen molar-refractivity contribution in [3.8, 4) is 22.4 Å². The van der Waals surface area contributed by atoms with Crippen molar-refractivity contribution in [1.29, 1.82) is 0 Å². The van der Waals surface area contributed by atoms with Crippen LogP contribution in [0.3, 0.4) is 0 Å². The van der Waals surface area contributed by atoms with Gasteiger partial charge in [0.2, 0.25) is 0 Å². The van der Waals surface area contributed by atoms with Crippen LogP contribution < -0.4 is 0 Å². The number of rotatable bonds is 8. The third-order valence-corrected chi connectivity index (χ3v) is 5.76. The van der Waals surface area contributed by atoms with E-state index in [-0.39, 0.29) is 0 Å². The molecule has 4 aromatic rings. The quantitative estimate of drug-likeness (QED) is 0.288. The zero-order chi connectivity index (χ0) is 20.8. The zero-order valence-corrected chi connectivity index (χ0v) is 18.1. The average Bonchev–Trinajstić information content (AvgIpc) is 3.09. The minimum atomic E-state index is 0.907. The van der Waals surface area contributed by atoms with Gasteiger partial charge in [0.1, 0.15) is 0 Å². The molecule has 0 amide bonds. The molecule has 30 heavy (non-hydrogen) atoms. The summed E-state index contributed by atoms with van der Waals surface area (Å²) in [6.45, 7) is 5.49. The lowest BCUT2D eigenvalue weighted by Gasteiger charge is -2.15. The predicted octanol–water partition coefficient (Wildman–Crippen LogP) is 7.78. The van der Waals surface area contributed by atoms with Crippen molar-refractivity contribution in [2.75, 3.05) is 0 Å². The highest BCUT2D eigenvalue weighted by atomic mass is 15.0. The van der Waals surface area contributed by atoms with Gasteiger partial charge in [0.25, 0.3) is 0 Å². The van der Waals surface area contributed by atoms with Crippen molar-refractivity contribution in [3.05, 3.63) is 108 Å². The van der Waals surface area contributed by atoms with E-state index >= 15 is 0 Å². The second kappa shape index (κ2) is 9.63. The van der Waals surface area contributed by atoms with Crippen LogP contribution in [0.2, 0.25) is 0 Å². The Bertz CT molecular complexity index is 1060. The largest absolute Gasteiger partial charge is 0.339 e. The summed E-state index contributed by atoms with van der Waals surface area (Å²) >= 11 is 0. The van der Waals surface area contributed by atoms with Gasteiger partial charge < -0.3 is 4.57 Å². The highest BCUT2D eigenvalue weighted by molar-refractivity contribution is 5.86. The zero-order valence-electron chi connectivity index (χ0n) is 18.1. The molecule has 0 aliphatic rings. The van der Waals surface area contributed by atoms with Crippen molar-refractivity contribution < 1.29 is 0 Å². The van der Waals surface area contributed by atoms with Crippen LogP contribution >= 0.6 is 0 Å². The van der Waals surface area contributed by atoms with Gasteiger partial charge >= 0.3 is 0 Å². The fourth-order valence-electron chi connectivity index (χ4n) is 4.51. The molecule has 0 saturated heterocycles. The van der Waals surface area contributed by atoms with Gasteiger partial charge in [0.15, 0.2) is 0 Å². The Morgan fingerprint density at radius 1 is 0.600 bits per heavy atom. The topological polar surface area (TPSA) is 4.93 Å². The van der Waals surface area contributed by atoms with E-state index in [0.29, 0.717) is 0 Å². The lowest BCUT2D eigenvalue weighted by Crippen LogP contribution is -2.07. The lowest BCUT2D eigenvalue weighted by molar-refractivity contribution is 0.718. The molecule has 0 aliphatic heterocycles. The minimum absolute atomic E-state index is 0.907. The number of benzene rings is 3. The molecule has 1 aromatic heterocycles. The minimum Gasteiger partial charge on any atom is -0.339 e. The summed E-state index contributed by atoms with van der Waals surface area (Å²) < 4.78 is 2.60. The third-order valence-electron chi connectivity index (χ3n) is 5.76. The van der Waals surface area contributed by atoms with Crippen LogP contribution in [-0.4, -0.2) is 4.57 Å². The fourth-order valence-corrected chi connectivity index (χ4v) is 4.51. The van der Waals surface area contributed by atoms with E-state index < -0.39 is 0 Å². The first-order chi connectivity index (χ1) is 14.8. The first-order valence-electron chi connectivity index (χ1n) is 11.2. The van der Waals surface area contributed by atoms with E-state index in [2.05, 4.69) is 109 Å². The molecule has 0 N–H and O–H groups in total. The highest BCUT2D eigenvalue weighted by Crippen LogP contribution is 2.41. The van der Waals surface area contributed by atoms with Crippen LogP contribution in [-0.2, 0) is 19.4 Å². The number of hydrogen-bond acceptors (Lipinski definition) is 0. The number of hydrogen-bond donors (Lipinski definition) is 0. The van der Waals surface area contributed by atoms with Gasteiger partial charge in [0, 0.05) is 17.8 Å². The normalized spacial score (nSPS) is 11.0. The van der Waals surface area contributed by atoms with Crippen LogP contribution in [0.15, 0.2) is 91.0 Å². The van der Waals surface area contributed by atoms with E-state index in [1.165, 1.54) is 39.2 Å². The van der Waals surface area contributed by atoms with Gasteiger partial charge in [-0.25, -0.2) is 0 Å². The molecular weight excluding hydrogens is 362 g/mol. The van der Waals surface area contributed by atoms with Crippen molar-refractivity contribution in [1.82, 2.24) is 4.57 Å². The summed E-state index contributed by atoms with van der Waals surface area (Å²) in [4.78, 5) is 0. The van der Waals surface area contributed by atoms with E-state index in [9.17, 15) is 0 Å². The van der Waals surface area contributed by atoms with Crippen molar-refractivity contribution >= 4 is 0 Å². The maximum Gasteiger partial charge on any atom is 0.0568 e. The Morgan fingerprint density at radius 2 is 1.13 bits per heavy atom. The molecule has 0 spiro atoms. The van der Waals surface area contributed by atoms with Crippen LogP contribution in [0.4, 0.5) is 0 Å². The molecule has 3 aromatic carbocycles. The van der Waals surface area contributed by atoms with E-state index in [4.69, 9.17) is 0 Å². The molecule has 0 saturated carbocycles. The molecule has 0 fully saturated rings. The standard InChI is InChI=1S/C29H31N/c1-3-14-26-27(15-4-2)30(22-23-16-8-5-9-17-23)29(25-20-12-7-13-21-25)28(26)24-18-10-6-11-19-24/h5-13,16-21H,3-4,14-15,22H2,1-2H3. The van der Waals surface area contributed by atoms with Crippen LogP contribution in [0.5, 0.6) is 0 Å². The molecule has 0 unspecified atom stereocenters. The van der Waals surface area contributed by atoms with E-state index in [1.807, 2.05) is 0 Å². The maximum absolute atomic E-state index is 2.60. The average molecular weight is 394 g/mol. The lowest BCUT2D eigenvalue weighted by atomic mass is 9.94. The molecule has 4 rings (SSSR count). The molecular formula is C29H31N. The van der Waals surface area contributed by atoms with Gasteiger partial charge in [-0.3, -0.25) is 0 Å². The summed E-state index contributed by atoms with van der Waals surface area (Å²) in [5, 5.41) is 0. The van der Waals surface area contributed by atoms with Crippen LogP contribution in [0.1, 0.15) is 43.5 Å². The number of aromatic nitrogens is 1. The van der Waals surface area contributed by atoms with Crippen molar-refractivity contribution in [2.24, 2.45) is 0 Å². The van der Waals surface area contributed by atoms with Gasteiger partial charge in [-0.05, 0) is 35.1 Å². The summed E-state index contributed by atoms with van der Waals surface area (Å²) in [6.07, 6.45) is 4.52. The Balaban J connectivity index is 2.03. The molecule has 1 heteroatoms. The summed E-state index contributed by atoms with van der Waals surface area (Å²) in [5.41, 5.74) is 9.78. The SMILES string of the molecule is CCCc1c(-c2ccccc2)c(-c2ccccc2)n(Cc2ccccc2)c1CCC. The van der Waals surface area contributed by atoms with Crippen molar-refractivity contribution in [2.45, 2.75) is 46.1 Å². The first kappa shape index (κ1) is 20.2. The second-order valence-corrected chi connectivity index (χ2v) is 7.95. The monoisotopic (exact) mass is 393 g/mol. The fraction of sp³-hybridized carbons (Fsp3) is 0.241. The second-order valence-electron chi connectivity index (χ2n) is 7.95. The van der Waals surface area contributed by atoms with Gasteiger partial charge in [0.05, 0.1) is 5.69 Å². The number of nitrogens with zero attached hydrogens (tertiary/aromatic N) is 1. The molecule has 0 atom stereocenters. The Kier molecular flexibility index (Phi) is 6.49. The summed E-state index contributed by atoms with van der Waals surface area (Å²) in [5.74, 6) is 0. The van der Waals surface area contributed by atoms with Gasteiger partial charge in [-0.2, -0.15) is 0 Å². The molecule has 0 aliphatic carbocycles. The predicted molar refractivity (Wildman–Crippen MR) is 129 cm³/mol. The molecule has 0 radical (unpaired) electrons. The molecule has 1 nitrogen and oxygen atoms in total. The molecule has 152 valence electrons. The smallest absolute Gasteiger partial charge is 0.0568 e. The summed E-state index contributed by atoms with van der Waals surface area (Å²) in [6, 6.07) is 32.8. The summed E-state index contributed by atoms with van der Waals surface area (Å²) in [7, 11) is 0. The van der Waals surface area contributed by atoms with Gasteiger partial charge in [-0.15, -0.1) is 0 Å². The maximum atomic E-state index is 2.60. The molecule has 1 heterocycles. The molecule has 0 bridgehead atoms. The van der Waals surface area contributed by atoms with Crippen molar-refractivity contribution in [3.63, 3.8) is 0 Å². The highest BCUT2D eigenvalue weighted by Gasteiger charge is 2.23.